The fraction of sp³-hybridized carbons (Fsp3) is 0.571. The highest BCUT2D eigenvalue weighted by Gasteiger charge is 2.19. The quantitative estimate of drug-likeness (QED) is 0.900. The predicted octanol–water partition coefficient (Wildman–Crippen LogP) is 2.79. The van der Waals surface area contributed by atoms with Crippen molar-refractivity contribution < 1.29 is 0 Å². The summed E-state index contributed by atoms with van der Waals surface area (Å²) >= 11 is 0. The SMILES string of the molecule is CCCCn1c(C(C)C)nc(-c2cncn2C)c1N. The number of rotatable bonds is 5. The first kappa shape index (κ1) is 13.6. The highest BCUT2D eigenvalue weighted by molar-refractivity contribution is 5.68. The van der Waals surface area contributed by atoms with Crippen LogP contribution in [-0.4, -0.2) is 19.1 Å². The van der Waals surface area contributed by atoms with E-state index in [4.69, 9.17) is 10.7 Å². The minimum Gasteiger partial charge on any atom is -0.383 e. The van der Waals surface area contributed by atoms with Crippen molar-refractivity contribution in [2.75, 3.05) is 5.73 Å². The highest BCUT2D eigenvalue weighted by atomic mass is 15.2. The van der Waals surface area contributed by atoms with Crippen molar-refractivity contribution >= 4 is 5.82 Å². The second kappa shape index (κ2) is 5.47. The lowest BCUT2D eigenvalue weighted by Crippen LogP contribution is -2.08. The molecular weight excluding hydrogens is 238 g/mol. The molecule has 2 aromatic heterocycles. The Morgan fingerprint density at radius 2 is 2.11 bits per heavy atom. The zero-order chi connectivity index (χ0) is 14.0. The summed E-state index contributed by atoms with van der Waals surface area (Å²) in [5, 5.41) is 0. The van der Waals surface area contributed by atoms with Crippen molar-refractivity contribution in [1.29, 1.82) is 0 Å². The molecule has 0 unspecified atom stereocenters. The lowest BCUT2D eigenvalue weighted by Gasteiger charge is -2.11. The number of nitrogens with zero attached hydrogens (tertiary/aromatic N) is 4. The first-order valence-corrected chi connectivity index (χ1v) is 6.88. The van der Waals surface area contributed by atoms with Crippen LogP contribution >= 0.6 is 0 Å². The highest BCUT2D eigenvalue weighted by Crippen LogP contribution is 2.29. The summed E-state index contributed by atoms with van der Waals surface area (Å²) in [7, 11) is 1.96. The molecule has 0 aliphatic heterocycles. The van der Waals surface area contributed by atoms with Gasteiger partial charge in [-0.3, -0.25) is 0 Å². The number of aryl methyl sites for hydroxylation is 1. The Bertz CT molecular complexity index is 550. The van der Waals surface area contributed by atoms with Gasteiger partial charge in [0.05, 0.1) is 18.2 Å². The van der Waals surface area contributed by atoms with Crippen LogP contribution in [0.1, 0.15) is 45.4 Å². The second-order valence-electron chi connectivity index (χ2n) is 5.25. The maximum atomic E-state index is 6.30. The Balaban J connectivity index is 2.49. The van der Waals surface area contributed by atoms with Gasteiger partial charge in [-0.25, -0.2) is 9.97 Å². The third-order valence-corrected chi connectivity index (χ3v) is 3.35. The van der Waals surface area contributed by atoms with Crippen molar-refractivity contribution in [2.24, 2.45) is 7.05 Å². The van der Waals surface area contributed by atoms with E-state index in [1.165, 1.54) is 0 Å². The third kappa shape index (κ3) is 2.50. The molecule has 0 aliphatic carbocycles. The van der Waals surface area contributed by atoms with E-state index in [2.05, 4.69) is 30.3 Å². The molecule has 0 spiro atoms. The molecule has 0 aliphatic rings. The Labute approximate surface area is 114 Å². The van der Waals surface area contributed by atoms with Crippen molar-refractivity contribution in [2.45, 2.75) is 46.1 Å². The van der Waals surface area contributed by atoms with E-state index in [1.807, 2.05) is 17.8 Å². The summed E-state index contributed by atoms with van der Waals surface area (Å²) < 4.78 is 4.10. The summed E-state index contributed by atoms with van der Waals surface area (Å²) in [4.78, 5) is 8.89. The third-order valence-electron chi connectivity index (χ3n) is 3.35. The van der Waals surface area contributed by atoms with E-state index in [-0.39, 0.29) is 0 Å². The molecule has 0 aromatic carbocycles. The van der Waals surface area contributed by atoms with Gasteiger partial charge in [-0.15, -0.1) is 0 Å². The van der Waals surface area contributed by atoms with E-state index in [0.717, 1.165) is 42.4 Å². The molecule has 0 bridgehead atoms. The van der Waals surface area contributed by atoms with E-state index >= 15 is 0 Å². The normalized spacial score (nSPS) is 11.4. The summed E-state index contributed by atoms with van der Waals surface area (Å²) in [6, 6.07) is 0. The molecule has 0 saturated heterocycles. The molecular formula is C14H23N5. The van der Waals surface area contributed by atoms with Crippen LogP contribution in [0.4, 0.5) is 5.82 Å². The molecule has 5 heteroatoms. The topological polar surface area (TPSA) is 61.7 Å². The first-order chi connectivity index (χ1) is 9.06. The molecule has 2 aromatic rings. The lowest BCUT2D eigenvalue weighted by molar-refractivity contribution is 0.588. The van der Waals surface area contributed by atoms with Crippen molar-refractivity contribution in [3.8, 4) is 11.4 Å². The zero-order valence-electron chi connectivity index (χ0n) is 12.2. The molecule has 19 heavy (non-hydrogen) atoms. The summed E-state index contributed by atoms with van der Waals surface area (Å²) in [5.74, 6) is 2.17. The predicted molar refractivity (Wildman–Crippen MR) is 77.8 cm³/mol. The van der Waals surface area contributed by atoms with Crippen molar-refractivity contribution in [1.82, 2.24) is 19.1 Å². The van der Waals surface area contributed by atoms with Crippen LogP contribution < -0.4 is 5.73 Å². The minimum absolute atomic E-state index is 0.362. The van der Waals surface area contributed by atoms with Crippen LogP contribution in [-0.2, 0) is 13.6 Å². The number of imidazole rings is 2. The van der Waals surface area contributed by atoms with Gasteiger partial charge in [-0.05, 0) is 6.42 Å². The van der Waals surface area contributed by atoms with Gasteiger partial charge in [-0.1, -0.05) is 27.2 Å². The lowest BCUT2D eigenvalue weighted by atomic mass is 10.2. The van der Waals surface area contributed by atoms with Crippen LogP contribution in [0, 0.1) is 0 Å². The number of unbranched alkanes of at least 4 members (excludes halogenated alkanes) is 1. The van der Waals surface area contributed by atoms with Gasteiger partial charge < -0.3 is 14.9 Å². The molecule has 104 valence electrons. The van der Waals surface area contributed by atoms with Crippen LogP contribution in [0.25, 0.3) is 11.4 Å². The summed E-state index contributed by atoms with van der Waals surface area (Å²) in [6.07, 6.45) is 5.85. The second-order valence-corrected chi connectivity index (χ2v) is 5.25. The molecule has 5 nitrogen and oxygen atoms in total. The van der Waals surface area contributed by atoms with Gasteiger partial charge >= 0.3 is 0 Å². The monoisotopic (exact) mass is 261 g/mol. The van der Waals surface area contributed by atoms with E-state index < -0.39 is 0 Å². The van der Waals surface area contributed by atoms with Crippen LogP contribution in [0.5, 0.6) is 0 Å². The average molecular weight is 261 g/mol. The number of hydrogen-bond donors (Lipinski definition) is 1. The number of anilines is 1. The van der Waals surface area contributed by atoms with Gasteiger partial charge in [0, 0.05) is 19.5 Å². The molecule has 2 heterocycles. The number of hydrogen-bond acceptors (Lipinski definition) is 3. The Morgan fingerprint density at radius 3 is 2.63 bits per heavy atom. The largest absolute Gasteiger partial charge is 0.383 e. The van der Waals surface area contributed by atoms with Crippen molar-refractivity contribution in [3.05, 3.63) is 18.3 Å². The van der Waals surface area contributed by atoms with Gasteiger partial charge in [0.25, 0.3) is 0 Å². The number of aromatic nitrogens is 4. The van der Waals surface area contributed by atoms with E-state index in [1.54, 1.807) is 6.33 Å². The average Bonchev–Trinajstić information content (AvgIpc) is 2.91. The molecule has 0 atom stereocenters. The Kier molecular flexibility index (Phi) is 3.93. The Morgan fingerprint density at radius 1 is 1.37 bits per heavy atom. The van der Waals surface area contributed by atoms with Gasteiger partial charge in [0.15, 0.2) is 0 Å². The number of nitrogens with two attached hydrogens (primary N) is 1. The first-order valence-electron chi connectivity index (χ1n) is 6.88. The van der Waals surface area contributed by atoms with E-state index in [9.17, 15) is 0 Å². The fourth-order valence-electron chi connectivity index (χ4n) is 2.25. The van der Waals surface area contributed by atoms with Crippen molar-refractivity contribution in [3.63, 3.8) is 0 Å². The van der Waals surface area contributed by atoms with E-state index in [0.29, 0.717) is 5.92 Å². The molecule has 0 amide bonds. The summed E-state index contributed by atoms with van der Waals surface area (Å²) in [6.45, 7) is 7.42. The number of nitrogen functional groups attached to an aromatic ring is 1. The van der Waals surface area contributed by atoms with Gasteiger partial charge in [0.2, 0.25) is 0 Å². The summed E-state index contributed by atoms with van der Waals surface area (Å²) in [5.41, 5.74) is 8.12. The maximum absolute atomic E-state index is 6.30. The van der Waals surface area contributed by atoms with Crippen LogP contribution in [0.2, 0.25) is 0 Å². The van der Waals surface area contributed by atoms with Crippen LogP contribution in [0.3, 0.4) is 0 Å². The standard InChI is InChI=1S/C14H23N5/c1-5-6-7-19-13(15)12(17-14(19)10(2)3)11-8-16-9-18(11)4/h8-10H,5-7,15H2,1-4H3. The van der Waals surface area contributed by atoms with Gasteiger partial charge in [0.1, 0.15) is 17.3 Å². The molecule has 2 rings (SSSR count). The molecule has 0 saturated carbocycles. The molecule has 2 N–H and O–H groups in total. The Hall–Kier alpha value is -1.78. The smallest absolute Gasteiger partial charge is 0.133 e. The van der Waals surface area contributed by atoms with Gasteiger partial charge in [-0.2, -0.15) is 0 Å². The minimum atomic E-state index is 0.362. The molecule has 0 fully saturated rings. The fourth-order valence-corrected chi connectivity index (χ4v) is 2.25. The molecule has 0 radical (unpaired) electrons. The maximum Gasteiger partial charge on any atom is 0.133 e. The zero-order valence-corrected chi connectivity index (χ0v) is 12.2. The van der Waals surface area contributed by atoms with Crippen LogP contribution in [0.15, 0.2) is 12.5 Å².